The van der Waals surface area contributed by atoms with Gasteiger partial charge in [-0.05, 0) is 84.5 Å². The highest BCUT2D eigenvalue weighted by Crippen LogP contribution is 2.44. The Bertz CT molecular complexity index is 1770. The van der Waals surface area contributed by atoms with Crippen LogP contribution >= 0.6 is 0 Å². The number of benzene rings is 4. The van der Waals surface area contributed by atoms with Gasteiger partial charge in [0.05, 0.1) is 16.6 Å². The fourth-order valence-corrected chi connectivity index (χ4v) is 5.83. The van der Waals surface area contributed by atoms with Gasteiger partial charge < -0.3 is 19.1 Å². The zero-order valence-electron chi connectivity index (χ0n) is 22.9. The molecule has 0 atom stereocenters. The molecule has 1 saturated heterocycles. The Kier molecular flexibility index (Phi) is 7.72. The summed E-state index contributed by atoms with van der Waals surface area (Å²) in [6, 6.07) is 29.2. The van der Waals surface area contributed by atoms with Crippen LogP contribution in [0.1, 0.15) is 57.1 Å². The molecule has 1 aromatic heterocycles. The molecule has 0 aliphatic carbocycles. The summed E-state index contributed by atoms with van der Waals surface area (Å²) in [5.74, 6) is -0.643. The Morgan fingerprint density at radius 3 is 2.33 bits per heavy atom. The summed E-state index contributed by atoms with van der Waals surface area (Å²) in [5, 5.41) is 20.4. The molecule has 6 nitrogen and oxygen atoms in total. The van der Waals surface area contributed by atoms with Gasteiger partial charge in [0, 0.05) is 35.9 Å². The van der Waals surface area contributed by atoms with Crippen molar-refractivity contribution in [1.82, 2.24) is 4.57 Å². The average Bonchev–Trinajstić information content (AvgIpc) is 3.35. The Hall–Kier alpha value is -4.93. The molecule has 4 aromatic carbocycles. The molecule has 1 fully saturated rings. The minimum atomic E-state index is -0.979. The zero-order valence-corrected chi connectivity index (χ0v) is 22.9. The Morgan fingerprint density at radius 2 is 1.67 bits per heavy atom. The maximum Gasteiger partial charge on any atom is 0.335 e. The summed E-state index contributed by atoms with van der Waals surface area (Å²) >= 11 is 0. The predicted molar refractivity (Wildman–Crippen MR) is 158 cm³/mol. The van der Waals surface area contributed by atoms with Crippen LogP contribution in [-0.4, -0.2) is 28.9 Å². The van der Waals surface area contributed by atoms with Crippen LogP contribution in [0.4, 0.5) is 4.39 Å². The van der Waals surface area contributed by atoms with Crippen LogP contribution in [-0.2, 0) is 17.8 Å². The van der Waals surface area contributed by atoms with Crippen molar-refractivity contribution in [2.75, 3.05) is 13.2 Å². The minimum absolute atomic E-state index is 0.150. The molecule has 0 amide bonds. The van der Waals surface area contributed by atoms with Gasteiger partial charge in [-0.1, -0.05) is 42.5 Å². The van der Waals surface area contributed by atoms with Gasteiger partial charge in [0.2, 0.25) is 0 Å². The van der Waals surface area contributed by atoms with Crippen LogP contribution in [0.2, 0.25) is 0 Å². The van der Waals surface area contributed by atoms with E-state index >= 15 is 0 Å². The number of halogens is 1. The number of hydrogen-bond donors (Lipinski definition) is 1. The quantitative estimate of drug-likeness (QED) is 0.214. The van der Waals surface area contributed by atoms with Gasteiger partial charge in [0.25, 0.3) is 0 Å². The number of nitriles is 1. The third-order valence-corrected chi connectivity index (χ3v) is 7.85. The molecular weight excluding hydrogens is 531 g/mol. The van der Waals surface area contributed by atoms with Crippen LogP contribution in [0.3, 0.4) is 0 Å². The molecule has 1 aliphatic rings. The molecule has 0 bridgehead atoms. The number of fused-ring (bicyclic) bond motifs is 1. The SMILES string of the molecule is N#Cc1ccc2c(c(Cc3ccc(C(=O)O)cc3)c(C3CCOCC3)n2-c2ccc(F)cc2)c1OCc1ccccc1. The third-order valence-electron chi connectivity index (χ3n) is 7.85. The summed E-state index contributed by atoms with van der Waals surface area (Å²) in [7, 11) is 0. The van der Waals surface area contributed by atoms with E-state index < -0.39 is 5.97 Å². The predicted octanol–water partition coefficient (Wildman–Crippen LogP) is 7.40. The second kappa shape index (κ2) is 11.9. The molecule has 1 aliphatic heterocycles. The van der Waals surface area contributed by atoms with Gasteiger partial charge in [-0.15, -0.1) is 0 Å². The Labute approximate surface area is 243 Å². The number of ether oxygens (including phenoxy) is 2. The number of carboxylic acid groups (broad SMARTS) is 1. The third kappa shape index (κ3) is 5.37. The number of carboxylic acids is 1. The maximum atomic E-state index is 14.1. The van der Waals surface area contributed by atoms with E-state index in [1.807, 2.05) is 48.5 Å². The summed E-state index contributed by atoms with van der Waals surface area (Å²) < 4.78 is 28.4. The lowest BCUT2D eigenvalue weighted by Gasteiger charge is -2.26. The zero-order chi connectivity index (χ0) is 29.1. The van der Waals surface area contributed by atoms with E-state index in [0.29, 0.717) is 30.9 Å². The number of carbonyl (C=O) groups is 1. The van der Waals surface area contributed by atoms with Gasteiger partial charge >= 0.3 is 5.97 Å². The van der Waals surface area contributed by atoms with Gasteiger partial charge in [-0.2, -0.15) is 5.26 Å². The summed E-state index contributed by atoms with van der Waals surface area (Å²) in [6.07, 6.45) is 2.12. The minimum Gasteiger partial charge on any atom is -0.487 e. The van der Waals surface area contributed by atoms with Gasteiger partial charge in [-0.3, -0.25) is 0 Å². The van der Waals surface area contributed by atoms with Crippen molar-refractivity contribution < 1.29 is 23.8 Å². The topological polar surface area (TPSA) is 84.5 Å². The van der Waals surface area contributed by atoms with E-state index in [9.17, 15) is 19.6 Å². The lowest BCUT2D eigenvalue weighted by atomic mass is 9.89. The second-order valence-corrected chi connectivity index (χ2v) is 10.5. The first-order chi connectivity index (χ1) is 20.5. The molecule has 210 valence electrons. The fourth-order valence-electron chi connectivity index (χ4n) is 5.83. The maximum absolute atomic E-state index is 14.1. The van der Waals surface area contributed by atoms with Crippen LogP contribution in [0, 0.1) is 17.1 Å². The largest absolute Gasteiger partial charge is 0.487 e. The summed E-state index contributed by atoms with van der Waals surface area (Å²) in [5.41, 5.74) is 6.31. The highest BCUT2D eigenvalue weighted by Gasteiger charge is 2.29. The van der Waals surface area contributed by atoms with E-state index in [1.165, 1.54) is 12.1 Å². The highest BCUT2D eigenvalue weighted by atomic mass is 19.1. The lowest BCUT2D eigenvalue weighted by Crippen LogP contribution is -2.18. The number of aromatic carboxylic acids is 1. The Morgan fingerprint density at radius 1 is 0.952 bits per heavy atom. The molecule has 6 rings (SSSR count). The van der Waals surface area contributed by atoms with Crippen molar-refractivity contribution in [3.05, 3.63) is 130 Å². The van der Waals surface area contributed by atoms with E-state index in [-0.39, 0.29) is 23.9 Å². The first kappa shape index (κ1) is 27.3. The van der Waals surface area contributed by atoms with Crippen molar-refractivity contribution in [2.24, 2.45) is 0 Å². The van der Waals surface area contributed by atoms with Crippen LogP contribution < -0.4 is 4.74 Å². The number of aromatic nitrogens is 1. The monoisotopic (exact) mass is 560 g/mol. The summed E-state index contributed by atoms with van der Waals surface area (Å²) in [6.45, 7) is 1.54. The lowest BCUT2D eigenvalue weighted by molar-refractivity contribution is 0.0697. The van der Waals surface area contributed by atoms with Gasteiger partial charge in [0.15, 0.2) is 0 Å². The molecule has 0 unspecified atom stereocenters. The fraction of sp³-hybridized carbons (Fsp3) is 0.200. The summed E-state index contributed by atoms with van der Waals surface area (Å²) in [4.78, 5) is 11.5. The van der Waals surface area contributed by atoms with Crippen molar-refractivity contribution in [2.45, 2.75) is 31.8 Å². The first-order valence-corrected chi connectivity index (χ1v) is 14.0. The van der Waals surface area contributed by atoms with Crippen molar-refractivity contribution in [3.8, 4) is 17.5 Å². The number of hydrogen-bond acceptors (Lipinski definition) is 4. The molecular formula is C35H29FN2O4. The molecule has 5 aromatic rings. The van der Waals surface area contributed by atoms with Gasteiger partial charge in [-0.25, -0.2) is 9.18 Å². The van der Waals surface area contributed by atoms with Crippen molar-refractivity contribution in [1.29, 1.82) is 5.26 Å². The number of nitrogens with zero attached hydrogens (tertiary/aromatic N) is 2. The van der Waals surface area contributed by atoms with Crippen molar-refractivity contribution >= 4 is 16.9 Å². The van der Waals surface area contributed by atoms with E-state index in [0.717, 1.165) is 51.8 Å². The molecule has 1 N–H and O–H groups in total. The van der Waals surface area contributed by atoms with Crippen LogP contribution in [0.15, 0.2) is 91.0 Å². The second-order valence-electron chi connectivity index (χ2n) is 10.5. The van der Waals surface area contributed by atoms with E-state index in [1.54, 1.807) is 30.3 Å². The van der Waals surface area contributed by atoms with Crippen LogP contribution in [0.25, 0.3) is 16.6 Å². The molecule has 0 saturated carbocycles. The van der Waals surface area contributed by atoms with Gasteiger partial charge in [0.1, 0.15) is 24.2 Å². The van der Waals surface area contributed by atoms with Crippen LogP contribution in [0.5, 0.6) is 5.75 Å². The first-order valence-electron chi connectivity index (χ1n) is 14.0. The standard InChI is InChI=1S/C35H29FN2O4/c36-28-11-13-29(14-12-28)38-31-15-10-27(21-37)34(42-22-24-4-2-1-3-5-24)32(31)30(33(38)25-16-18-41-19-17-25)20-23-6-8-26(9-7-23)35(39)40/h1-15,25H,16-20,22H2,(H,39,40). The van der Waals surface area contributed by atoms with Crippen molar-refractivity contribution in [3.63, 3.8) is 0 Å². The highest BCUT2D eigenvalue weighted by molar-refractivity contribution is 5.95. The average molecular weight is 561 g/mol. The van der Waals surface area contributed by atoms with E-state index in [4.69, 9.17) is 9.47 Å². The Balaban J connectivity index is 1.61. The van der Waals surface area contributed by atoms with E-state index in [2.05, 4.69) is 10.6 Å². The smallest absolute Gasteiger partial charge is 0.335 e. The normalized spacial score (nSPS) is 13.6. The number of rotatable bonds is 8. The molecule has 0 spiro atoms. The molecule has 0 radical (unpaired) electrons. The molecule has 42 heavy (non-hydrogen) atoms. The molecule has 7 heteroatoms. The molecule has 2 heterocycles.